The Morgan fingerprint density at radius 2 is 2.00 bits per heavy atom. The molecule has 0 radical (unpaired) electrons. The van der Waals surface area contributed by atoms with E-state index >= 15 is 0 Å². The van der Waals surface area contributed by atoms with Gasteiger partial charge >= 0.3 is 0 Å². The summed E-state index contributed by atoms with van der Waals surface area (Å²) in [4.78, 5) is 0. The molecule has 0 saturated heterocycles. The molecule has 0 aromatic rings. The van der Waals surface area contributed by atoms with Crippen molar-refractivity contribution in [3.8, 4) is 0 Å². The lowest BCUT2D eigenvalue weighted by Gasteiger charge is -2.09. The Balaban J connectivity index is 2.89. The van der Waals surface area contributed by atoms with Crippen LogP contribution >= 0.6 is 0 Å². The Bertz CT molecular complexity index is 65.9. The summed E-state index contributed by atoms with van der Waals surface area (Å²) in [6, 6.07) is 0. The SMILES string of the molecule is CCOCCOC(C)OC. The zero-order valence-corrected chi connectivity index (χ0v) is 6.92. The van der Waals surface area contributed by atoms with Crippen LogP contribution in [0.25, 0.3) is 0 Å². The molecule has 10 heavy (non-hydrogen) atoms. The molecule has 0 aliphatic heterocycles. The molecule has 0 aliphatic carbocycles. The highest BCUT2D eigenvalue weighted by molar-refractivity contribution is 4.30. The molecule has 0 rings (SSSR count). The molecule has 3 nitrogen and oxygen atoms in total. The molecule has 0 aromatic carbocycles. The van der Waals surface area contributed by atoms with Crippen molar-refractivity contribution >= 4 is 0 Å². The largest absolute Gasteiger partial charge is 0.379 e. The lowest BCUT2D eigenvalue weighted by Crippen LogP contribution is -2.14. The third-order valence-corrected chi connectivity index (χ3v) is 1.12. The zero-order valence-electron chi connectivity index (χ0n) is 6.92. The van der Waals surface area contributed by atoms with Crippen LogP contribution in [-0.2, 0) is 14.2 Å². The summed E-state index contributed by atoms with van der Waals surface area (Å²) in [6.45, 7) is 5.80. The highest BCUT2D eigenvalue weighted by Crippen LogP contribution is 1.89. The number of hydrogen-bond donors (Lipinski definition) is 0. The van der Waals surface area contributed by atoms with E-state index < -0.39 is 0 Å². The molecule has 3 heteroatoms. The monoisotopic (exact) mass is 148 g/mol. The Labute approximate surface area is 62.3 Å². The first kappa shape index (κ1) is 9.88. The van der Waals surface area contributed by atoms with Crippen LogP contribution in [0.2, 0.25) is 0 Å². The first-order valence-corrected chi connectivity index (χ1v) is 3.53. The zero-order chi connectivity index (χ0) is 7.82. The van der Waals surface area contributed by atoms with Gasteiger partial charge in [0.25, 0.3) is 0 Å². The second-order valence-electron chi connectivity index (χ2n) is 1.87. The van der Waals surface area contributed by atoms with Gasteiger partial charge in [-0.25, -0.2) is 0 Å². The van der Waals surface area contributed by atoms with Gasteiger partial charge in [-0.1, -0.05) is 0 Å². The van der Waals surface area contributed by atoms with Crippen molar-refractivity contribution in [2.45, 2.75) is 20.1 Å². The lowest BCUT2D eigenvalue weighted by molar-refractivity contribution is -0.121. The first-order chi connectivity index (χ1) is 4.81. The maximum absolute atomic E-state index is 5.15. The molecular formula is C7H16O3. The molecule has 0 aliphatic rings. The summed E-state index contributed by atoms with van der Waals surface area (Å²) in [5.41, 5.74) is 0. The van der Waals surface area contributed by atoms with E-state index in [9.17, 15) is 0 Å². The smallest absolute Gasteiger partial charge is 0.154 e. The topological polar surface area (TPSA) is 27.7 Å². The molecule has 1 atom stereocenters. The summed E-state index contributed by atoms with van der Waals surface area (Å²) >= 11 is 0. The van der Waals surface area contributed by atoms with Gasteiger partial charge in [0.15, 0.2) is 6.29 Å². The minimum absolute atomic E-state index is 0.125. The quantitative estimate of drug-likeness (QED) is 0.416. The maximum Gasteiger partial charge on any atom is 0.154 e. The second-order valence-corrected chi connectivity index (χ2v) is 1.87. The molecule has 0 amide bonds. The van der Waals surface area contributed by atoms with Crippen molar-refractivity contribution in [1.82, 2.24) is 0 Å². The van der Waals surface area contributed by atoms with Crippen molar-refractivity contribution in [2.75, 3.05) is 26.9 Å². The van der Waals surface area contributed by atoms with E-state index in [0.29, 0.717) is 13.2 Å². The molecule has 0 heterocycles. The van der Waals surface area contributed by atoms with Gasteiger partial charge in [-0.15, -0.1) is 0 Å². The number of rotatable bonds is 6. The van der Waals surface area contributed by atoms with Gasteiger partial charge < -0.3 is 14.2 Å². The van der Waals surface area contributed by atoms with E-state index in [-0.39, 0.29) is 6.29 Å². The van der Waals surface area contributed by atoms with Crippen molar-refractivity contribution in [2.24, 2.45) is 0 Å². The van der Waals surface area contributed by atoms with Crippen LogP contribution < -0.4 is 0 Å². The van der Waals surface area contributed by atoms with Crippen LogP contribution in [0, 0.1) is 0 Å². The van der Waals surface area contributed by atoms with Gasteiger partial charge in [-0.05, 0) is 13.8 Å². The van der Waals surface area contributed by atoms with Crippen LogP contribution in [0.5, 0.6) is 0 Å². The molecule has 62 valence electrons. The molecule has 0 bridgehead atoms. The van der Waals surface area contributed by atoms with E-state index in [2.05, 4.69) is 0 Å². The Kier molecular flexibility index (Phi) is 6.91. The maximum atomic E-state index is 5.15. The van der Waals surface area contributed by atoms with Crippen LogP contribution in [0.3, 0.4) is 0 Å². The second kappa shape index (κ2) is 6.99. The fourth-order valence-electron chi connectivity index (χ4n) is 0.485. The predicted octanol–water partition coefficient (Wildman–Crippen LogP) is 1.03. The van der Waals surface area contributed by atoms with Crippen molar-refractivity contribution in [3.05, 3.63) is 0 Å². The molecule has 1 unspecified atom stereocenters. The number of methoxy groups -OCH3 is 1. The molecule has 0 N–H and O–H groups in total. The average Bonchev–Trinajstić information content (AvgIpc) is 1.98. The Morgan fingerprint density at radius 1 is 1.30 bits per heavy atom. The lowest BCUT2D eigenvalue weighted by atomic mass is 10.7. The van der Waals surface area contributed by atoms with Gasteiger partial charge in [-0.2, -0.15) is 0 Å². The average molecular weight is 148 g/mol. The first-order valence-electron chi connectivity index (χ1n) is 3.53. The minimum atomic E-state index is -0.125. The summed E-state index contributed by atoms with van der Waals surface area (Å²) in [7, 11) is 1.62. The Morgan fingerprint density at radius 3 is 2.50 bits per heavy atom. The molecule has 0 aromatic heterocycles. The van der Waals surface area contributed by atoms with E-state index in [1.165, 1.54) is 0 Å². The molecule has 0 saturated carbocycles. The third-order valence-electron chi connectivity index (χ3n) is 1.12. The number of hydrogen-bond acceptors (Lipinski definition) is 3. The highest BCUT2D eigenvalue weighted by Gasteiger charge is 1.95. The van der Waals surface area contributed by atoms with Gasteiger partial charge in [0, 0.05) is 13.7 Å². The van der Waals surface area contributed by atoms with Crippen LogP contribution in [-0.4, -0.2) is 33.2 Å². The summed E-state index contributed by atoms with van der Waals surface area (Å²) in [5.74, 6) is 0. The summed E-state index contributed by atoms with van der Waals surface area (Å²) in [5, 5.41) is 0. The number of ether oxygens (including phenoxy) is 3. The molecular weight excluding hydrogens is 132 g/mol. The fourth-order valence-corrected chi connectivity index (χ4v) is 0.485. The standard InChI is InChI=1S/C7H16O3/c1-4-9-5-6-10-7(2)8-3/h7H,4-6H2,1-3H3. The van der Waals surface area contributed by atoms with E-state index in [1.54, 1.807) is 7.11 Å². The van der Waals surface area contributed by atoms with Crippen molar-refractivity contribution in [1.29, 1.82) is 0 Å². The predicted molar refractivity (Wildman–Crippen MR) is 38.9 cm³/mol. The molecule has 0 spiro atoms. The van der Waals surface area contributed by atoms with E-state index in [1.807, 2.05) is 13.8 Å². The van der Waals surface area contributed by atoms with Crippen LogP contribution in [0.4, 0.5) is 0 Å². The van der Waals surface area contributed by atoms with Gasteiger partial charge in [0.1, 0.15) is 0 Å². The summed E-state index contributed by atoms with van der Waals surface area (Å²) in [6.07, 6.45) is -0.125. The van der Waals surface area contributed by atoms with E-state index in [0.717, 1.165) is 6.61 Å². The summed E-state index contributed by atoms with van der Waals surface area (Å²) < 4.78 is 15.0. The van der Waals surface area contributed by atoms with Crippen LogP contribution in [0.15, 0.2) is 0 Å². The van der Waals surface area contributed by atoms with Crippen molar-refractivity contribution in [3.63, 3.8) is 0 Å². The third kappa shape index (κ3) is 6.01. The normalized spacial score (nSPS) is 13.5. The Hall–Kier alpha value is -0.120. The van der Waals surface area contributed by atoms with Gasteiger partial charge in [0.05, 0.1) is 13.2 Å². The van der Waals surface area contributed by atoms with Gasteiger partial charge in [-0.3, -0.25) is 0 Å². The minimum Gasteiger partial charge on any atom is -0.379 e. The fraction of sp³-hybridized carbons (Fsp3) is 1.00. The van der Waals surface area contributed by atoms with Gasteiger partial charge in [0.2, 0.25) is 0 Å². The van der Waals surface area contributed by atoms with Crippen molar-refractivity contribution < 1.29 is 14.2 Å². The van der Waals surface area contributed by atoms with E-state index in [4.69, 9.17) is 14.2 Å². The molecule has 0 fully saturated rings. The highest BCUT2D eigenvalue weighted by atomic mass is 16.7. The van der Waals surface area contributed by atoms with Crippen LogP contribution in [0.1, 0.15) is 13.8 Å².